The second-order valence-electron chi connectivity index (χ2n) is 8.23. The average Bonchev–Trinajstić information content (AvgIpc) is 3.43. The monoisotopic (exact) mass is 414 g/mol. The molecule has 0 unspecified atom stereocenters. The molecule has 0 saturated carbocycles. The fourth-order valence-electron chi connectivity index (χ4n) is 4.34. The quantitative estimate of drug-likeness (QED) is 0.545. The molecule has 4 heterocycles. The second kappa shape index (κ2) is 8.35. The minimum atomic E-state index is -0.0446. The van der Waals surface area contributed by atoms with Crippen LogP contribution >= 0.6 is 0 Å². The molecule has 0 aliphatic carbocycles. The zero-order valence-corrected chi connectivity index (χ0v) is 17.6. The molecule has 4 aromatic rings. The Kier molecular flexibility index (Phi) is 5.26. The van der Waals surface area contributed by atoms with E-state index in [9.17, 15) is 4.79 Å². The summed E-state index contributed by atoms with van der Waals surface area (Å²) < 4.78 is 3.94. The highest BCUT2D eigenvalue weighted by atomic mass is 16.1. The van der Waals surface area contributed by atoms with Crippen molar-refractivity contribution in [1.29, 1.82) is 0 Å². The van der Waals surface area contributed by atoms with Gasteiger partial charge in [0.15, 0.2) is 0 Å². The highest BCUT2D eigenvalue weighted by molar-refractivity contribution is 6.05. The Labute approximate surface area is 181 Å². The van der Waals surface area contributed by atoms with Gasteiger partial charge in [-0.2, -0.15) is 5.10 Å². The molecule has 31 heavy (non-hydrogen) atoms. The molecule has 1 saturated heterocycles. The molecule has 0 bridgehead atoms. The smallest absolute Gasteiger partial charge is 0.255 e. The molecule has 1 fully saturated rings. The molecule has 0 radical (unpaired) electrons. The number of hydrogen-bond acceptors (Lipinski definition) is 4. The molecule has 3 aromatic heterocycles. The first-order valence-electron chi connectivity index (χ1n) is 10.7. The molecule has 0 spiro atoms. The van der Waals surface area contributed by atoms with E-state index in [2.05, 4.69) is 56.2 Å². The lowest BCUT2D eigenvalue weighted by atomic mass is 10.1. The van der Waals surface area contributed by atoms with Crippen molar-refractivity contribution in [2.24, 2.45) is 0 Å². The number of likely N-dealkylation sites (N-methyl/N-ethyl adjacent to an activating group) is 1. The van der Waals surface area contributed by atoms with E-state index in [0.717, 1.165) is 48.2 Å². The summed E-state index contributed by atoms with van der Waals surface area (Å²) in [4.78, 5) is 19.9. The van der Waals surface area contributed by atoms with Gasteiger partial charge in [-0.1, -0.05) is 12.1 Å². The van der Waals surface area contributed by atoms with Gasteiger partial charge in [0.25, 0.3) is 5.91 Å². The molecule has 158 valence electrons. The molecule has 7 nitrogen and oxygen atoms in total. The predicted molar refractivity (Wildman–Crippen MR) is 120 cm³/mol. The van der Waals surface area contributed by atoms with Gasteiger partial charge in [-0.3, -0.25) is 9.78 Å². The summed E-state index contributed by atoms with van der Waals surface area (Å²) in [6.45, 7) is 2.65. The summed E-state index contributed by atoms with van der Waals surface area (Å²) in [5, 5.41) is 7.49. The molecule has 1 amide bonds. The molecule has 1 aromatic carbocycles. The largest absolute Gasteiger partial charge is 0.348 e. The van der Waals surface area contributed by atoms with Crippen molar-refractivity contribution in [3.8, 4) is 5.69 Å². The lowest BCUT2D eigenvalue weighted by Crippen LogP contribution is -2.46. The van der Waals surface area contributed by atoms with Crippen LogP contribution in [0.15, 0.2) is 67.3 Å². The molecule has 1 N–H and O–H groups in total. The van der Waals surface area contributed by atoms with Crippen LogP contribution in [-0.4, -0.2) is 56.3 Å². The van der Waals surface area contributed by atoms with Crippen molar-refractivity contribution in [3.63, 3.8) is 0 Å². The number of pyridine rings is 1. The number of likely N-dealkylation sites (tertiary alicyclic amines) is 1. The Hall–Kier alpha value is -3.45. The van der Waals surface area contributed by atoms with Gasteiger partial charge in [-0.15, -0.1) is 0 Å². The SMILES string of the molecule is CN1CCC[C@@H](NC(=O)c2cn(Cc3ccc(-n4cccn4)cc3)c3cccnc23)C1. The van der Waals surface area contributed by atoms with Crippen molar-refractivity contribution in [1.82, 2.24) is 29.5 Å². The Morgan fingerprint density at radius 1 is 1.16 bits per heavy atom. The van der Waals surface area contributed by atoms with Crippen molar-refractivity contribution in [3.05, 3.63) is 78.4 Å². The topological polar surface area (TPSA) is 68.0 Å². The molecule has 1 aliphatic rings. The number of aromatic nitrogens is 4. The van der Waals surface area contributed by atoms with Gasteiger partial charge in [0.05, 0.1) is 16.8 Å². The van der Waals surface area contributed by atoms with Crippen LogP contribution in [0, 0.1) is 0 Å². The van der Waals surface area contributed by atoms with E-state index in [4.69, 9.17) is 0 Å². The van der Waals surface area contributed by atoms with Crippen LogP contribution in [0.25, 0.3) is 16.7 Å². The predicted octanol–water partition coefficient (Wildman–Crippen LogP) is 3.09. The van der Waals surface area contributed by atoms with Crippen LogP contribution in [0.3, 0.4) is 0 Å². The summed E-state index contributed by atoms with van der Waals surface area (Å²) in [5.74, 6) is -0.0446. The molecule has 1 atom stereocenters. The standard InChI is InChI=1S/C24H26N6O/c1-28-13-3-5-19(16-28)27-24(31)21-17-29(22-6-2-11-25-23(21)22)15-18-7-9-20(10-8-18)30-14-4-12-26-30/h2,4,6-12,14,17,19H,3,5,13,15-16H2,1H3,(H,27,31)/t19-/m1/s1. The number of nitrogens with zero attached hydrogens (tertiary/aromatic N) is 5. The molecular weight excluding hydrogens is 388 g/mol. The normalized spacial score (nSPS) is 17.1. The second-order valence-corrected chi connectivity index (χ2v) is 8.23. The van der Waals surface area contributed by atoms with E-state index in [1.807, 2.05) is 35.3 Å². The van der Waals surface area contributed by atoms with Crippen LogP contribution in [0.5, 0.6) is 0 Å². The number of hydrogen-bond donors (Lipinski definition) is 1. The van der Waals surface area contributed by atoms with Crippen molar-refractivity contribution >= 4 is 16.9 Å². The van der Waals surface area contributed by atoms with E-state index in [0.29, 0.717) is 12.1 Å². The van der Waals surface area contributed by atoms with Crippen molar-refractivity contribution in [2.75, 3.05) is 20.1 Å². The number of nitrogens with one attached hydrogen (secondary N) is 1. The van der Waals surface area contributed by atoms with E-state index in [-0.39, 0.29) is 11.9 Å². The number of carbonyl (C=O) groups excluding carboxylic acids is 1. The fraction of sp³-hybridized carbons (Fsp3) is 0.292. The van der Waals surface area contributed by atoms with Gasteiger partial charge in [0.1, 0.15) is 5.52 Å². The van der Waals surface area contributed by atoms with E-state index >= 15 is 0 Å². The first-order valence-corrected chi connectivity index (χ1v) is 10.7. The Morgan fingerprint density at radius 3 is 2.81 bits per heavy atom. The van der Waals surface area contributed by atoms with E-state index in [1.54, 1.807) is 12.4 Å². The van der Waals surface area contributed by atoms with Crippen LogP contribution in [0.4, 0.5) is 0 Å². The summed E-state index contributed by atoms with van der Waals surface area (Å²) in [7, 11) is 2.10. The Balaban J connectivity index is 1.39. The van der Waals surface area contributed by atoms with Gasteiger partial charge in [0.2, 0.25) is 0 Å². The zero-order valence-electron chi connectivity index (χ0n) is 17.6. The first kappa shape index (κ1) is 19.5. The summed E-state index contributed by atoms with van der Waals surface area (Å²) >= 11 is 0. The van der Waals surface area contributed by atoms with Gasteiger partial charge >= 0.3 is 0 Å². The van der Waals surface area contributed by atoms with Gasteiger partial charge in [0, 0.05) is 43.9 Å². The van der Waals surface area contributed by atoms with Crippen molar-refractivity contribution < 1.29 is 4.79 Å². The van der Waals surface area contributed by atoms with Crippen LogP contribution < -0.4 is 5.32 Å². The van der Waals surface area contributed by atoms with E-state index in [1.165, 1.54) is 0 Å². The number of amides is 1. The summed E-state index contributed by atoms with van der Waals surface area (Å²) in [6.07, 6.45) is 9.50. The molecule has 5 rings (SSSR count). The van der Waals surface area contributed by atoms with Crippen LogP contribution in [-0.2, 0) is 6.54 Å². The summed E-state index contributed by atoms with van der Waals surface area (Å²) in [6, 6.07) is 14.3. The maximum atomic E-state index is 13.1. The average molecular weight is 415 g/mol. The fourth-order valence-corrected chi connectivity index (χ4v) is 4.34. The number of carbonyl (C=O) groups is 1. The first-order chi connectivity index (χ1) is 15.2. The van der Waals surface area contributed by atoms with Crippen molar-refractivity contribution in [2.45, 2.75) is 25.4 Å². The lowest BCUT2D eigenvalue weighted by molar-refractivity contribution is 0.0914. The molecule has 1 aliphatic heterocycles. The van der Waals surface area contributed by atoms with Crippen LogP contribution in [0.2, 0.25) is 0 Å². The molecular formula is C24H26N6O. The van der Waals surface area contributed by atoms with E-state index < -0.39 is 0 Å². The maximum absolute atomic E-state index is 13.1. The summed E-state index contributed by atoms with van der Waals surface area (Å²) in [5.41, 5.74) is 4.52. The maximum Gasteiger partial charge on any atom is 0.255 e. The highest BCUT2D eigenvalue weighted by Gasteiger charge is 2.22. The van der Waals surface area contributed by atoms with Gasteiger partial charge in [-0.25, -0.2) is 4.68 Å². The van der Waals surface area contributed by atoms with Gasteiger partial charge in [-0.05, 0) is 62.3 Å². The third kappa shape index (κ3) is 4.09. The highest BCUT2D eigenvalue weighted by Crippen LogP contribution is 2.21. The molecule has 7 heteroatoms. The lowest BCUT2D eigenvalue weighted by Gasteiger charge is -2.30. The third-order valence-corrected chi connectivity index (χ3v) is 5.90. The Bertz CT molecular complexity index is 1180. The number of rotatable bonds is 5. The van der Waals surface area contributed by atoms with Crippen LogP contribution in [0.1, 0.15) is 28.8 Å². The number of fused-ring (bicyclic) bond motifs is 1. The number of benzene rings is 1. The Morgan fingerprint density at radius 2 is 2.03 bits per heavy atom. The minimum absolute atomic E-state index is 0.0446. The minimum Gasteiger partial charge on any atom is -0.348 e. The number of piperidine rings is 1. The zero-order chi connectivity index (χ0) is 21.2. The van der Waals surface area contributed by atoms with Gasteiger partial charge < -0.3 is 14.8 Å². The third-order valence-electron chi connectivity index (χ3n) is 5.90.